The van der Waals surface area contributed by atoms with Crippen LogP contribution in [-0.2, 0) is 0 Å². The Kier molecular flexibility index (Phi) is 10.2. The first-order valence-electron chi connectivity index (χ1n) is 25.4. The lowest BCUT2D eigenvalue weighted by atomic mass is 9.33. The summed E-state index contributed by atoms with van der Waals surface area (Å²) in [4.78, 5) is 9.73. The standard InChI is InChI=1S/C66H53BN4S/c1-42-14-26-48(27-15-42)68(49-28-16-43(2)17-29-49)54-38-39-56-59(40-54)70(52-34-22-46(5)23-35-52)57-11-9-12-58-64(57)67(56)65-60(71(58)53-36-24-47(6)25-37-53)41-61(66-63(65)55-10-7-8-13-62(55)72-66)69(50-30-18-44(3)19-31-50)51-32-20-45(4)21-33-51/h7-41H,1-6H3/i9D. The molecule has 0 saturated heterocycles. The topological polar surface area (TPSA) is 13.0 Å². The normalized spacial score (nSPS) is 12.7. The van der Waals surface area contributed by atoms with E-state index in [4.69, 9.17) is 0 Å². The summed E-state index contributed by atoms with van der Waals surface area (Å²) in [5.74, 6) is 0. The van der Waals surface area contributed by atoms with Crippen molar-refractivity contribution in [3.8, 4) is 0 Å². The van der Waals surface area contributed by atoms with E-state index < -0.39 is 0 Å². The van der Waals surface area contributed by atoms with Crippen LogP contribution in [-0.4, -0.2) is 6.71 Å². The van der Waals surface area contributed by atoms with Crippen LogP contribution in [0.3, 0.4) is 0 Å². The third kappa shape index (κ3) is 7.20. The molecule has 1 aromatic heterocycles. The molecule has 6 heteroatoms. The summed E-state index contributed by atoms with van der Waals surface area (Å²) in [6, 6.07) is 76.6. The highest BCUT2D eigenvalue weighted by molar-refractivity contribution is 7.27. The fraction of sp³-hybridized carbons (Fsp3) is 0.0909. The smallest absolute Gasteiger partial charge is 0.253 e. The number of fused-ring (bicyclic) bond motifs is 8. The number of nitrogens with zero attached hydrogens (tertiary/aromatic N) is 4. The number of thiophene rings is 1. The second-order valence-electron chi connectivity index (χ2n) is 19.8. The third-order valence-electron chi connectivity index (χ3n) is 14.8. The summed E-state index contributed by atoms with van der Waals surface area (Å²) in [7, 11) is 0. The highest BCUT2D eigenvalue weighted by Gasteiger charge is 2.45. The Morgan fingerprint density at radius 3 is 1.33 bits per heavy atom. The number of rotatable bonds is 8. The molecule has 0 fully saturated rings. The molecule has 4 nitrogen and oxygen atoms in total. The molecule has 0 amide bonds. The Morgan fingerprint density at radius 1 is 0.403 bits per heavy atom. The van der Waals surface area contributed by atoms with Crippen LogP contribution in [0.15, 0.2) is 212 Å². The Morgan fingerprint density at radius 2 is 0.833 bits per heavy atom. The Balaban J connectivity index is 1.16. The highest BCUT2D eigenvalue weighted by Crippen LogP contribution is 2.52. The minimum atomic E-state index is -0.193. The first-order chi connectivity index (χ1) is 35.6. The predicted octanol–water partition coefficient (Wildman–Crippen LogP) is 16.9. The van der Waals surface area contributed by atoms with Crippen LogP contribution in [0.25, 0.3) is 20.2 Å². The molecule has 0 N–H and O–H groups in total. The molecule has 0 atom stereocenters. The van der Waals surface area contributed by atoms with Crippen LogP contribution in [0.5, 0.6) is 0 Å². The van der Waals surface area contributed by atoms with Crippen LogP contribution in [0.4, 0.5) is 68.2 Å². The van der Waals surface area contributed by atoms with E-state index in [1.807, 2.05) is 11.3 Å². The van der Waals surface area contributed by atoms with Gasteiger partial charge in [0.05, 0.1) is 11.8 Å². The summed E-state index contributed by atoms with van der Waals surface area (Å²) < 4.78 is 12.3. The molecule has 72 heavy (non-hydrogen) atoms. The summed E-state index contributed by atoms with van der Waals surface area (Å²) in [5.41, 5.74) is 23.8. The maximum atomic E-state index is 9.80. The van der Waals surface area contributed by atoms with Crippen molar-refractivity contribution in [1.29, 1.82) is 0 Å². The van der Waals surface area contributed by atoms with E-state index in [1.165, 1.54) is 69.9 Å². The summed E-state index contributed by atoms with van der Waals surface area (Å²) in [6.45, 7) is 12.7. The average molecular weight is 946 g/mol. The largest absolute Gasteiger partial charge is 0.311 e. The van der Waals surface area contributed by atoms with E-state index in [2.05, 4.69) is 267 Å². The van der Waals surface area contributed by atoms with E-state index in [-0.39, 0.29) is 6.71 Å². The SMILES string of the molecule is [2H]c1cc2c3c(c1)N(c1ccc(C)cc1)c1cc(N(c4ccc(C)cc4)c4ccc(C)cc4)c4sc5ccccc5c4c1B3c1ccc(N(c3ccc(C)cc3)c3ccc(C)cc3)cc1N2c1ccc(C)cc1. The molecule has 0 bridgehead atoms. The molecule has 0 unspecified atom stereocenters. The number of hydrogen-bond donors (Lipinski definition) is 0. The molecular weight excluding hydrogens is 892 g/mol. The third-order valence-corrected chi connectivity index (χ3v) is 16.0. The highest BCUT2D eigenvalue weighted by atomic mass is 32.1. The second-order valence-corrected chi connectivity index (χ2v) is 20.9. The van der Waals surface area contributed by atoms with Crippen molar-refractivity contribution >= 4 is 123 Å². The van der Waals surface area contributed by atoms with Gasteiger partial charge in [-0.2, -0.15) is 0 Å². The van der Waals surface area contributed by atoms with Crippen molar-refractivity contribution in [3.63, 3.8) is 0 Å². The van der Waals surface area contributed by atoms with Gasteiger partial charge in [-0.1, -0.05) is 136 Å². The Bertz CT molecular complexity index is 3820. The van der Waals surface area contributed by atoms with Crippen molar-refractivity contribution in [1.82, 2.24) is 0 Å². The zero-order chi connectivity index (χ0) is 49.6. The van der Waals surface area contributed by atoms with Gasteiger partial charge in [-0.25, -0.2) is 0 Å². The van der Waals surface area contributed by atoms with E-state index in [9.17, 15) is 1.37 Å². The lowest BCUT2D eigenvalue weighted by molar-refractivity contribution is 1.23. The molecule has 13 rings (SSSR count). The predicted molar refractivity (Wildman–Crippen MR) is 311 cm³/mol. The van der Waals surface area contributed by atoms with Crippen LogP contribution < -0.4 is 36.0 Å². The quantitative estimate of drug-likeness (QED) is 0.141. The Hall–Kier alpha value is -8.32. The van der Waals surface area contributed by atoms with Gasteiger partial charge in [-0.05, 0) is 178 Å². The second kappa shape index (κ2) is 17.2. The molecule has 0 aliphatic carbocycles. The molecule has 3 heterocycles. The maximum Gasteiger partial charge on any atom is 0.253 e. The molecule has 346 valence electrons. The van der Waals surface area contributed by atoms with E-state index in [0.717, 1.165) is 68.2 Å². The minimum absolute atomic E-state index is 0.193. The van der Waals surface area contributed by atoms with Crippen molar-refractivity contribution < 1.29 is 1.37 Å². The molecule has 10 aromatic carbocycles. The lowest BCUT2D eigenvalue weighted by Crippen LogP contribution is -2.61. The lowest BCUT2D eigenvalue weighted by Gasteiger charge is -2.45. The van der Waals surface area contributed by atoms with Crippen LogP contribution in [0, 0.1) is 41.5 Å². The van der Waals surface area contributed by atoms with Crippen molar-refractivity contribution in [2.45, 2.75) is 41.5 Å². The molecule has 2 aliphatic heterocycles. The number of anilines is 12. The summed E-state index contributed by atoms with van der Waals surface area (Å²) in [5, 5.41) is 2.49. The van der Waals surface area contributed by atoms with Gasteiger partial charge in [-0.15, -0.1) is 11.3 Å². The van der Waals surface area contributed by atoms with Gasteiger partial charge in [0, 0.05) is 67.3 Å². The first kappa shape index (κ1) is 42.6. The van der Waals surface area contributed by atoms with E-state index in [1.54, 1.807) is 0 Å². The maximum absolute atomic E-state index is 9.80. The van der Waals surface area contributed by atoms with Gasteiger partial charge in [0.25, 0.3) is 6.71 Å². The monoisotopic (exact) mass is 945 g/mol. The van der Waals surface area contributed by atoms with Gasteiger partial charge < -0.3 is 19.6 Å². The van der Waals surface area contributed by atoms with Gasteiger partial charge in [0.1, 0.15) is 0 Å². The van der Waals surface area contributed by atoms with Gasteiger partial charge in [-0.3, -0.25) is 0 Å². The fourth-order valence-electron chi connectivity index (χ4n) is 11.1. The molecular formula is C66H53BN4S. The van der Waals surface area contributed by atoms with Gasteiger partial charge in [0.15, 0.2) is 0 Å². The summed E-state index contributed by atoms with van der Waals surface area (Å²) >= 11 is 1.88. The van der Waals surface area contributed by atoms with Crippen LogP contribution in [0.2, 0.25) is 0 Å². The van der Waals surface area contributed by atoms with Gasteiger partial charge in [0.2, 0.25) is 0 Å². The number of aryl methyl sites for hydroxylation is 6. The van der Waals surface area contributed by atoms with Crippen molar-refractivity contribution in [3.05, 3.63) is 246 Å². The zero-order valence-corrected chi connectivity index (χ0v) is 42.2. The summed E-state index contributed by atoms with van der Waals surface area (Å²) in [6.07, 6.45) is 0. The number of hydrogen-bond acceptors (Lipinski definition) is 5. The molecule has 2 aliphatic rings. The Labute approximate surface area is 428 Å². The zero-order valence-electron chi connectivity index (χ0n) is 42.4. The number of benzene rings is 10. The average Bonchev–Trinajstić information content (AvgIpc) is 3.80. The molecule has 11 aromatic rings. The van der Waals surface area contributed by atoms with E-state index >= 15 is 0 Å². The van der Waals surface area contributed by atoms with Crippen LogP contribution in [0.1, 0.15) is 34.8 Å². The minimum Gasteiger partial charge on any atom is -0.311 e. The first-order valence-corrected chi connectivity index (χ1v) is 25.7. The van der Waals surface area contributed by atoms with E-state index in [0.29, 0.717) is 6.04 Å². The molecule has 0 radical (unpaired) electrons. The molecule has 0 spiro atoms. The van der Waals surface area contributed by atoms with Crippen molar-refractivity contribution in [2.24, 2.45) is 0 Å². The van der Waals surface area contributed by atoms with Crippen molar-refractivity contribution in [2.75, 3.05) is 19.6 Å². The molecule has 0 saturated carbocycles. The van der Waals surface area contributed by atoms with Crippen LogP contribution >= 0.6 is 11.3 Å². The van der Waals surface area contributed by atoms with Gasteiger partial charge >= 0.3 is 0 Å². The fourth-order valence-corrected chi connectivity index (χ4v) is 12.3.